The summed E-state index contributed by atoms with van der Waals surface area (Å²) >= 11 is 1.52. The molecule has 9 heteroatoms. The quantitative estimate of drug-likeness (QED) is 0.370. The fourth-order valence-electron chi connectivity index (χ4n) is 4.11. The number of hydrogen-bond acceptors (Lipinski definition) is 8. The van der Waals surface area contributed by atoms with Crippen LogP contribution in [-0.2, 0) is 36.7 Å². The van der Waals surface area contributed by atoms with E-state index in [0.29, 0.717) is 32.1 Å². The van der Waals surface area contributed by atoms with Gasteiger partial charge < -0.3 is 20.1 Å². The van der Waals surface area contributed by atoms with Crippen LogP contribution in [0.1, 0.15) is 64.6 Å². The molecule has 0 saturated heterocycles. The van der Waals surface area contributed by atoms with Crippen LogP contribution in [0.3, 0.4) is 0 Å². The lowest BCUT2D eigenvalue weighted by atomic mass is 10.1. The highest BCUT2D eigenvalue weighted by molar-refractivity contribution is 7.09. The molecule has 2 N–H and O–H groups in total. The molecule has 2 rings (SSSR count). The molecule has 0 radical (unpaired) electrons. The number of aryl methyl sites for hydroxylation is 1. The molecule has 1 aromatic rings. The predicted molar refractivity (Wildman–Crippen MR) is 160 cm³/mol. The Bertz CT molecular complexity index is 1160. The van der Waals surface area contributed by atoms with Crippen LogP contribution in [0.4, 0.5) is 0 Å². The number of allylic oxidation sites excluding steroid dienone is 6. The minimum absolute atomic E-state index is 0.275. The maximum atomic E-state index is 12.8. The van der Waals surface area contributed by atoms with Gasteiger partial charge in [-0.1, -0.05) is 47.1 Å². The first-order chi connectivity index (χ1) is 19.0. The molecule has 0 fully saturated rings. The predicted octanol–water partition coefficient (Wildman–Crippen LogP) is 4.93. The van der Waals surface area contributed by atoms with Crippen molar-refractivity contribution >= 4 is 29.2 Å². The van der Waals surface area contributed by atoms with E-state index in [-0.39, 0.29) is 12.0 Å². The molecule has 3 atom stereocenters. The number of rotatable bonds is 6. The Kier molecular flexibility index (Phi) is 14.3. The molecular weight excluding hydrogens is 526 g/mol. The van der Waals surface area contributed by atoms with Crippen molar-refractivity contribution in [2.45, 2.75) is 85.0 Å². The zero-order chi connectivity index (χ0) is 29.5. The third-order valence-electron chi connectivity index (χ3n) is 6.06. The van der Waals surface area contributed by atoms with Crippen molar-refractivity contribution in [3.63, 3.8) is 0 Å². The molecule has 1 aliphatic heterocycles. The number of cyclic esters (lactones) is 2. The van der Waals surface area contributed by atoms with Crippen molar-refractivity contribution in [3.8, 4) is 0 Å². The summed E-state index contributed by atoms with van der Waals surface area (Å²) in [6.07, 6.45) is 14.8. The Morgan fingerprint density at radius 2 is 1.90 bits per heavy atom. The Hall–Kier alpha value is -3.30. The molecule has 0 saturated carbocycles. The van der Waals surface area contributed by atoms with E-state index in [0.717, 1.165) is 34.0 Å². The van der Waals surface area contributed by atoms with E-state index in [1.165, 1.54) is 24.3 Å². The molecule has 0 unspecified atom stereocenters. The molecule has 0 aliphatic carbocycles. The van der Waals surface area contributed by atoms with Crippen molar-refractivity contribution in [2.24, 2.45) is 0 Å². The average Bonchev–Trinajstić information content (AvgIpc) is 3.31. The van der Waals surface area contributed by atoms with Crippen molar-refractivity contribution in [3.05, 3.63) is 75.3 Å². The van der Waals surface area contributed by atoms with Gasteiger partial charge in [-0.2, -0.15) is 0 Å². The maximum absolute atomic E-state index is 12.8. The number of nitrogens with zero attached hydrogens (tertiary/aromatic N) is 1. The average molecular weight is 570 g/mol. The number of esters is 2. The number of nitrogens with one attached hydrogen (secondary N) is 2. The number of ether oxygens (including phenoxy) is 2. The molecule has 40 heavy (non-hydrogen) atoms. The van der Waals surface area contributed by atoms with Gasteiger partial charge in [-0.05, 0) is 60.1 Å². The van der Waals surface area contributed by atoms with E-state index in [1.54, 1.807) is 12.2 Å². The van der Waals surface area contributed by atoms with Gasteiger partial charge in [0, 0.05) is 37.8 Å². The highest BCUT2D eigenvalue weighted by atomic mass is 32.1. The summed E-state index contributed by atoms with van der Waals surface area (Å²) in [4.78, 5) is 41.9. The van der Waals surface area contributed by atoms with Gasteiger partial charge in [0.25, 0.3) is 0 Å². The minimum Gasteiger partial charge on any atom is -0.461 e. The lowest BCUT2D eigenvalue weighted by Crippen LogP contribution is -2.41. The van der Waals surface area contributed by atoms with Gasteiger partial charge in [-0.3, -0.25) is 4.79 Å². The van der Waals surface area contributed by atoms with E-state index in [2.05, 4.69) is 16.7 Å². The summed E-state index contributed by atoms with van der Waals surface area (Å²) in [5, 5.41) is 8.66. The second-order valence-electron chi connectivity index (χ2n) is 10.1. The number of likely N-dealkylation sites (N-methyl/N-ethyl adjacent to an activating group) is 1. The second kappa shape index (κ2) is 17.4. The van der Waals surface area contributed by atoms with Crippen LogP contribution in [0, 0.1) is 0 Å². The van der Waals surface area contributed by atoms with Gasteiger partial charge >= 0.3 is 11.9 Å². The lowest BCUT2D eigenvalue weighted by molar-refractivity contribution is -0.152. The second-order valence-corrected chi connectivity index (χ2v) is 11.1. The lowest BCUT2D eigenvalue weighted by Gasteiger charge is -2.20. The number of fused-ring (bicyclic) bond motifs is 2. The Morgan fingerprint density at radius 3 is 2.62 bits per heavy atom. The van der Waals surface area contributed by atoms with E-state index in [1.807, 2.05) is 58.4 Å². The number of hydrogen-bond donors (Lipinski definition) is 2. The SMILES string of the molecule is CNC/C=C(C)/C=C/C(C)=C/[C@@H]1Cc2nc(cs2)CCC[C@@H](NC(C)=O)C(=O)O[C@@H](C)C/C(C)=C/C=C\C(=O)O1. The van der Waals surface area contributed by atoms with Gasteiger partial charge in [-0.25, -0.2) is 14.6 Å². The van der Waals surface area contributed by atoms with Crippen molar-refractivity contribution in [2.75, 3.05) is 13.6 Å². The molecule has 1 amide bonds. The van der Waals surface area contributed by atoms with Gasteiger partial charge in [0.1, 0.15) is 18.2 Å². The third kappa shape index (κ3) is 13.2. The van der Waals surface area contributed by atoms with E-state index >= 15 is 0 Å². The highest BCUT2D eigenvalue weighted by Crippen LogP contribution is 2.18. The summed E-state index contributed by atoms with van der Waals surface area (Å²) in [6, 6.07) is -0.711. The van der Waals surface area contributed by atoms with E-state index in [4.69, 9.17) is 14.5 Å². The normalized spacial score (nSPS) is 24.6. The molecule has 0 spiro atoms. The van der Waals surface area contributed by atoms with E-state index in [9.17, 15) is 14.4 Å². The molecule has 2 heterocycles. The molecular formula is C31H43N3O5S. The van der Waals surface area contributed by atoms with Gasteiger partial charge in [-0.15, -0.1) is 11.3 Å². The molecule has 1 aromatic heterocycles. The van der Waals surface area contributed by atoms with Crippen LogP contribution >= 0.6 is 11.3 Å². The Balaban J connectivity index is 2.29. The molecule has 2 bridgehead atoms. The first kappa shape index (κ1) is 32.9. The van der Waals surface area contributed by atoms with Crippen LogP contribution in [0.15, 0.2) is 64.6 Å². The van der Waals surface area contributed by atoms with Gasteiger partial charge in [0.2, 0.25) is 5.91 Å². The first-order valence-corrected chi connectivity index (χ1v) is 14.6. The van der Waals surface area contributed by atoms with Crippen molar-refractivity contribution in [1.29, 1.82) is 0 Å². The van der Waals surface area contributed by atoms with Gasteiger partial charge in [0.15, 0.2) is 0 Å². The highest BCUT2D eigenvalue weighted by Gasteiger charge is 2.23. The molecule has 0 aromatic carbocycles. The first-order valence-electron chi connectivity index (χ1n) is 13.7. The fourth-order valence-corrected chi connectivity index (χ4v) is 4.98. The Labute approximate surface area is 242 Å². The largest absolute Gasteiger partial charge is 0.461 e. The molecule has 1 aliphatic rings. The standard InChI is InChI=1S/C31H43N3O5S/c1-21(15-16-32-6)13-14-23(3)18-27-19-29-34-26(20-40-29)10-8-11-28(33-25(5)35)31(37)38-24(4)17-22(2)9-7-12-30(36)39-27/h7,9,12-15,18,20,24,27-28,32H,8,10-11,16-17,19H2,1-6H3,(H,33,35)/b12-7-,14-13+,21-15+,22-9+,23-18+/t24-,27+,28+/m0/s1. The Morgan fingerprint density at radius 1 is 1.15 bits per heavy atom. The van der Waals surface area contributed by atoms with Crippen LogP contribution in [0.2, 0.25) is 0 Å². The third-order valence-corrected chi connectivity index (χ3v) is 6.98. The summed E-state index contributed by atoms with van der Waals surface area (Å²) in [5.74, 6) is -1.17. The van der Waals surface area contributed by atoms with Crippen LogP contribution in [-0.4, -0.2) is 54.7 Å². The summed E-state index contributed by atoms with van der Waals surface area (Å²) in [6.45, 7) is 9.92. The monoisotopic (exact) mass is 569 g/mol. The van der Waals surface area contributed by atoms with Crippen LogP contribution < -0.4 is 10.6 Å². The maximum Gasteiger partial charge on any atom is 0.331 e. The summed E-state index contributed by atoms with van der Waals surface area (Å²) < 4.78 is 11.4. The van der Waals surface area contributed by atoms with Crippen molar-refractivity contribution < 1.29 is 23.9 Å². The number of amides is 1. The topological polar surface area (TPSA) is 107 Å². The molecule has 8 nitrogen and oxygen atoms in total. The smallest absolute Gasteiger partial charge is 0.331 e. The fraction of sp³-hybridized carbons (Fsp3) is 0.484. The number of carbonyl (C=O) groups is 3. The summed E-state index contributed by atoms with van der Waals surface area (Å²) in [5.41, 5.74) is 3.95. The van der Waals surface area contributed by atoms with Gasteiger partial charge in [0.05, 0.1) is 10.7 Å². The van der Waals surface area contributed by atoms with Crippen LogP contribution in [0.5, 0.6) is 0 Å². The minimum atomic E-state index is -0.711. The van der Waals surface area contributed by atoms with E-state index < -0.39 is 24.1 Å². The zero-order valence-corrected chi connectivity index (χ0v) is 25.3. The number of carbonyl (C=O) groups excluding carboxylic acids is 3. The molecule has 218 valence electrons. The van der Waals surface area contributed by atoms with Crippen LogP contribution in [0.25, 0.3) is 0 Å². The zero-order valence-electron chi connectivity index (χ0n) is 24.5. The van der Waals surface area contributed by atoms with Crippen molar-refractivity contribution in [1.82, 2.24) is 15.6 Å². The number of aromatic nitrogens is 1. The summed E-state index contributed by atoms with van der Waals surface area (Å²) in [7, 11) is 1.90. The number of thiazole rings is 1.